The lowest BCUT2D eigenvalue weighted by Crippen LogP contribution is -2.18. The molecule has 2 aliphatic heterocycles. The first kappa shape index (κ1) is 10.4. The second-order valence-electron chi connectivity index (χ2n) is 4.64. The van der Waals surface area contributed by atoms with Crippen LogP contribution in [0.3, 0.4) is 0 Å². The Bertz CT molecular complexity index is 761. The molecule has 2 heterocycles. The molecule has 0 N–H and O–H groups in total. The highest BCUT2D eigenvalue weighted by Gasteiger charge is 2.33. The van der Waals surface area contributed by atoms with Crippen molar-refractivity contribution in [3.63, 3.8) is 0 Å². The van der Waals surface area contributed by atoms with E-state index in [0.29, 0.717) is 12.0 Å². The van der Waals surface area contributed by atoms with Crippen LogP contribution in [0.2, 0.25) is 0 Å². The van der Waals surface area contributed by atoms with Crippen LogP contribution in [0.1, 0.15) is 12.0 Å². The summed E-state index contributed by atoms with van der Waals surface area (Å²) in [6, 6.07) is 7.96. The Labute approximate surface area is 110 Å². The van der Waals surface area contributed by atoms with Gasteiger partial charge in [-0.25, -0.2) is 0 Å². The number of nitrogens with zero attached hydrogens (tertiary/aromatic N) is 2. The minimum Gasteiger partial charge on any atom is -0.294 e. The van der Waals surface area contributed by atoms with Crippen molar-refractivity contribution in [2.24, 2.45) is 9.98 Å². The lowest BCUT2D eigenvalue weighted by molar-refractivity contribution is -0.114. The highest BCUT2D eigenvalue weighted by Crippen LogP contribution is 2.42. The average molecular weight is 246 g/mol. The predicted octanol–water partition coefficient (Wildman–Crippen LogP) is 3.02. The Morgan fingerprint density at radius 1 is 1.11 bits per heavy atom. The zero-order valence-corrected chi connectivity index (χ0v) is 10.1. The fourth-order valence-corrected chi connectivity index (χ4v) is 2.67. The van der Waals surface area contributed by atoms with Gasteiger partial charge in [0, 0.05) is 22.9 Å². The highest BCUT2D eigenvalue weighted by atomic mass is 16.1. The fourth-order valence-electron chi connectivity index (χ4n) is 2.67. The van der Waals surface area contributed by atoms with E-state index in [-0.39, 0.29) is 5.78 Å². The fraction of sp³-hybridized carbons (Fsp3) is 0.0625. The molecule has 0 radical (unpaired) electrons. The molecule has 3 heteroatoms. The number of aliphatic imine (C=N–C) groups is 2. The van der Waals surface area contributed by atoms with Gasteiger partial charge < -0.3 is 0 Å². The largest absolute Gasteiger partial charge is 0.294 e. The summed E-state index contributed by atoms with van der Waals surface area (Å²) in [5.74, 6) is 0.0917. The molecule has 90 valence electrons. The Morgan fingerprint density at radius 2 is 2.00 bits per heavy atom. The molecule has 0 saturated carbocycles. The topological polar surface area (TPSA) is 41.8 Å². The summed E-state index contributed by atoms with van der Waals surface area (Å²) in [5.41, 5.74) is 5.31. The highest BCUT2D eigenvalue weighted by molar-refractivity contribution is 6.39. The minimum atomic E-state index is 0.0917. The second-order valence-corrected chi connectivity index (χ2v) is 4.64. The third-order valence-corrected chi connectivity index (χ3v) is 3.50. The van der Waals surface area contributed by atoms with Gasteiger partial charge in [-0.3, -0.25) is 14.8 Å². The number of carbonyl (C=O) groups is 1. The molecule has 3 nitrogen and oxygen atoms in total. The van der Waals surface area contributed by atoms with E-state index in [1.54, 1.807) is 6.21 Å². The number of benzene rings is 1. The molecule has 4 rings (SSSR count). The molecule has 0 spiro atoms. The van der Waals surface area contributed by atoms with Crippen molar-refractivity contribution in [2.75, 3.05) is 0 Å². The smallest absolute Gasteiger partial charge is 0.171 e. The first-order valence-electron chi connectivity index (χ1n) is 6.21. The van der Waals surface area contributed by atoms with E-state index in [4.69, 9.17) is 0 Å². The molecule has 0 aromatic heterocycles. The lowest BCUT2D eigenvalue weighted by atomic mass is 9.86. The third kappa shape index (κ3) is 1.41. The van der Waals surface area contributed by atoms with Crippen LogP contribution < -0.4 is 0 Å². The number of allylic oxidation sites excluding steroid dienone is 5. The van der Waals surface area contributed by atoms with Crippen molar-refractivity contribution in [2.45, 2.75) is 6.42 Å². The van der Waals surface area contributed by atoms with E-state index in [1.807, 2.05) is 42.5 Å². The Hall–Kier alpha value is -2.55. The monoisotopic (exact) mass is 246 g/mol. The summed E-state index contributed by atoms with van der Waals surface area (Å²) >= 11 is 0. The average Bonchev–Trinajstić information content (AvgIpc) is 2.61. The van der Waals surface area contributed by atoms with Gasteiger partial charge in [0.15, 0.2) is 5.78 Å². The van der Waals surface area contributed by atoms with Crippen molar-refractivity contribution in [1.29, 1.82) is 0 Å². The summed E-state index contributed by atoms with van der Waals surface area (Å²) in [4.78, 5) is 21.2. The number of ketones is 1. The van der Waals surface area contributed by atoms with Crippen LogP contribution >= 0.6 is 0 Å². The number of Topliss-reactive ketones (excluding diaryl/α,β-unsaturated/α-hetero) is 1. The van der Waals surface area contributed by atoms with Gasteiger partial charge >= 0.3 is 0 Å². The number of carbonyl (C=O) groups excluding carboxylic acids is 1. The molecule has 0 fully saturated rings. The summed E-state index contributed by atoms with van der Waals surface area (Å²) in [7, 11) is 0. The molecule has 0 saturated heterocycles. The van der Waals surface area contributed by atoms with Gasteiger partial charge in [0.2, 0.25) is 0 Å². The molecular weight excluding hydrogens is 236 g/mol. The molecule has 1 aliphatic carbocycles. The van der Waals surface area contributed by atoms with Gasteiger partial charge in [0.25, 0.3) is 0 Å². The van der Waals surface area contributed by atoms with Gasteiger partial charge in [-0.15, -0.1) is 0 Å². The summed E-state index contributed by atoms with van der Waals surface area (Å²) < 4.78 is 0. The quantitative estimate of drug-likeness (QED) is 0.693. The number of para-hydroxylation sites is 1. The molecule has 0 unspecified atom stereocenters. The van der Waals surface area contributed by atoms with Crippen LogP contribution in [0.4, 0.5) is 5.69 Å². The lowest BCUT2D eigenvalue weighted by Gasteiger charge is -2.17. The minimum absolute atomic E-state index is 0.0917. The van der Waals surface area contributed by atoms with E-state index in [2.05, 4.69) is 9.98 Å². The first-order valence-corrected chi connectivity index (χ1v) is 6.21. The van der Waals surface area contributed by atoms with Crippen molar-refractivity contribution in [3.8, 4) is 0 Å². The van der Waals surface area contributed by atoms with Crippen LogP contribution in [0.25, 0.3) is 5.57 Å². The predicted molar refractivity (Wildman–Crippen MR) is 75.8 cm³/mol. The van der Waals surface area contributed by atoms with Crippen LogP contribution in [0, 0.1) is 0 Å². The number of rotatable bonds is 0. The summed E-state index contributed by atoms with van der Waals surface area (Å²) in [6.45, 7) is 0. The Morgan fingerprint density at radius 3 is 2.95 bits per heavy atom. The molecular formula is C16H10N2O. The van der Waals surface area contributed by atoms with Gasteiger partial charge in [0.1, 0.15) is 0 Å². The maximum absolute atomic E-state index is 12.2. The van der Waals surface area contributed by atoms with Crippen LogP contribution in [0.5, 0.6) is 0 Å². The molecule has 0 atom stereocenters. The van der Waals surface area contributed by atoms with Crippen LogP contribution in [-0.2, 0) is 4.79 Å². The Balaban J connectivity index is 2.06. The molecule has 1 aromatic rings. The molecule has 19 heavy (non-hydrogen) atoms. The standard InChI is InChI=1S/C16H10N2O/c19-14-9-13-15(10-5-1-2-7-12(10)18-13)16-11(14)6-3-4-8-17-16/h1-8H,9H2. The van der Waals surface area contributed by atoms with E-state index in [0.717, 1.165) is 28.2 Å². The summed E-state index contributed by atoms with van der Waals surface area (Å²) in [6.07, 6.45) is 7.62. The third-order valence-electron chi connectivity index (χ3n) is 3.50. The normalized spacial score (nSPS) is 19.5. The van der Waals surface area contributed by atoms with Gasteiger partial charge in [-0.05, 0) is 18.2 Å². The SMILES string of the molecule is O=C1CC2=Nc3ccccc3C2=C2N=CC=CC=C12. The summed E-state index contributed by atoms with van der Waals surface area (Å²) in [5, 5.41) is 0. The van der Waals surface area contributed by atoms with Gasteiger partial charge in [0.05, 0.1) is 23.5 Å². The van der Waals surface area contributed by atoms with Crippen molar-refractivity contribution < 1.29 is 4.79 Å². The molecule has 3 aliphatic rings. The van der Waals surface area contributed by atoms with Crippen molar-refractivity contribution in [3.05, 3.63) is 59.3 Å². The Kier molecular flexibility index (Phi) is 2.03. The number of hydrogen-bond donors (Lipinski definition) is 0. The molecule has 1 aromatic carbocycles. The molecule has 0 bridgehead atoms. The zero-order valence-electron chi connectivity index (χ0n) is 10.1. The number of hydrogen-bond acceptors (Lipinski definition) is 3. The zero-order chi connectivity index (χ0) is 12.8. The molecule has 0 amide bonds. The van der Waals surface area contributed by atoms with Crippen molar-refractivity contribution >= 4 is 29.0 Å². The van der Waals surface area contributed by atoms with Crippen LogP contribution in [-0.4, -0.2) is 17.7 Å². The maximum atomic E-state index is 12.2. The van der Waals surface area contributed by atoms with E-state index in [1.165, 1.54) is 0 Å². The van der Waals surface area contributed by atoms with Gasteiger partial charge in [-0.2, -0.15) is 0 Å². The van der Waals surface area contributed by atoms with E-state index < -0.39 is 0 Å². The van der Waals surface area contributed by atoms with Gasteiger partial charge in [-0.1, -0.05) is 24.3 Å². The maximum Gasteiger partial charge on any atom is 0.171 e. The van der Waals surface area contributed by atoms with Crippen molar-refractivity contribution in [1.82, 2.24) is 0 Å². The first-order chi connectivity index (χ1) is 9.34. The second kappa shape index (κ2) is 3.72. The van der Waals surface area contributed by atoms with E-state index >= 15 is 0 Å². The number of fused-ring (bicyclic) bond motifs is 4. The van der Waals surface area contributed by atoms with E-state index in [9.17, 15) is 4.79 Å². The van der Waals surface area contributed by atoms with Crippen LogP contribution in [0.15, 0.2) is 63.7 Å².